The van der Waals surface area contributed by atoms with Crippen LogP contribution in [0.1, 0.15) is 22.2 Å². The lowest BCUT2D eigenvalue weighted by Crippen LogP contribution is -2.33. The molecule has 1 amide bonds. The van der Waals surface area contributed by atoms with Crippen LogP contribution in [-0.2, 0) is 6.42 Å². The number of hydrogen-bond acceptors (Lipinski definition) is 3. The molecule has 1 unspecified atom stereocenters. The molecule has 2 rings (SSSR count). The molecule has 3 nitrogen and oxygen atoms in total. The third kappa shape index (κ3) is 3.81. The van der Waals surface area contributed by atoms with Gasteiger partial charge >= 0.3 is 0 Å². The number of thiophene rings is 1. The van der Waals surface area contributed by atoms with Gasteiger partial charge in [-0.15, -0.1) is 11.3 Å². The molecule has 1 aromatic carbocycles. The lowest BCUT2D eigenvalue weighted by molar-refractivity contribution is 0.0940. The van der Waals surface area contributed by atoms with Crippen LogP contribution in [-0.4, -0.2) is 11.9 Å². The van der Waals surface area contributed by atoms with Crippen LogP contribution in [0.3, 0.4) is 0 Å². The molecule has 19 heavy (non-hydrogen) atoms. The van der Waals surface area contributed by atoms with Gasteiger partial charge in [0.2, 0.25) is 0 Å². The van der Waals surface area contributed by atoms with Gasteiger partial charge in [-0.2, -0.15) is 0 Å². The maximum atomic E-state index is 12.1. The van der Waals surface area contributed by atoms with Crippen molar-refractivity contribution in [1.82, 2.24) is 5.32 Å². The normalized spacial score (nSPS) is 12.1. The summed E-state index contributed by atoms with van der Waals surface area (Å²) < 4.78 is 0.802. The van der Waals surface area contributed by atoms with E-state index in [0.717, 1.165) is 10.9 Å². The number of anilines is 1. The van der Waals surface area contributed by atoms with E-state index in [2.05, 4.69) is 27.3 Å². The predicted molar refractivity (Wildman–Crippen MR) is 83.5 cm³/mol. The van der Waals surface area contributed by atoms with Crippen LogP contribution in [0.15, 0.2) is 40.2 Å². The van der Waals surface area contributed by atoms with E-state index >= 15 is 0 Å². The van der Waals surface area contributed by atoms with Gasteiger partial charge in [0.05, 0.1) is 0 Å². The fraction of sp³-hybridized carbons (Fsp3) is 0.214. The highest BCUT2D eigenvalue weighted by atomic mass is 79.9. The van der Waals surface area contributed by atoms with E-state index < -0.39 is 0 Å². The molecule has 5 heteroatoms. The lowest BCUT2D eigenvalue weighted by Gasteiger charge is -2.13. The third-order valence-corrected chi connectivity index (χ3v) is 4.34. The molecule has 1 heterocycles. The van der Waals surface area contributed by atoms with E-state index in [-0.39, 0.29) is 11.9 Å². The van der Waals surface area contributed by atoms with Crippen LogP contribution in [0.25, 0.3) is 0 Å². The van der Waals surface area contributed by atoms with Crippen LogP contribution in [0, 0.1) is 0 Å². The van der Waals surface area contributed by atoms with E-state index in [4.69, 9.17) is 5.73 Å². The Morgan fingerprint density at radius 1 is 1.47 bits per heavy atom. The molecule has 0 aliphatic rings. The first kappa shape index (κ1) is 14.1. The number of nitrogens with one attached hydrogen (secondary N) is 1. The maximum Gasteiger partial charge on any atom is 0.251 e. The van der Waals surface area contributed by atoms with Crippen molar-refractivity contribution in [3.05, 3.63) is 50.6 Å². The van der Waals surface area contributed by atoms with E-state index in [1.165, 1.54) is 4.88 Å². The van der Waals surface area contributed by atoms with Crippen molar-refractivity contribution in [2.24, 2.45) is 0 Å². The Bertz CT molecular complexity index is 569. The topological polar surface area (TPSA) is 55.1 Å². The average molecular weight is 339 g/mol. The first-order chi connectivity index (χ1) is 9.06. The first-order valence-electron chi connectivity index (χ1n) is 5.94. The van der Waals surface area contributed by atoms with Crippen molar-refractivity contribution in [2.75, 3.05) is 5.73 Å². The van der Waals surface area contributed by atoms with Crippen molar-refractivity contribution < 1.29 is 4.79 Å². The van der Waals surface area contributed by atoms with E-state index in [1.54, 1.807) is 29.5 Å². The Hall–Kier alpha value is -1.33. The minimum Gasteiger partial charge on any atom is -0.398 e. The lowest BCUT2D eigenvalue weighted by atomic mass is 10.1. The molecule has 0 bridgehead atoms. The third-order valence-electron chi connectivity index (χ3n) is 2.72. The van der Waals surface area contributed by atoms with Gasteiger partial charge in [0.25, 0.3) is 5.91 Å². The van der Waals surface area contributed by atoms with Gasteiger partial charge in [-0.25, -0.2) is 0 Å². The molecule has 1 aromatic heterocycles. The summed E-state index contributed by atoms with van der Waals surface area (Å²) in [5.74, 6) is -0.0942. The Morgan fingerprint density at radius 3 is 2.89 bits per heavy atom. The number of nitrogens with two attached hydrogens (primary N) is 1. The largest absolute Gasteiger partial charge is 0.398 e. The number of carbonyl (C=O) groups is 1. The Balaban J connectivity index is 1.98. The van der Waals surface area contributed by atoms with Gasteiger partial charge in [0, 0.05) is 33.1 Å². The van der Waals surface area contributed by atoms with Crippen molar-refractivity contribution in [3.8, 4) is 0 Å². The highest BCUT2D eigenvalue weighted by Crippen LogP contribution is 2.20. The minimum absolute atomic E-state index is 0.0935. The number of benzene rings is 1. The zero-order chi connectivity index (χ0) is 13.8. The molecular weight excluding hydrogens is 324 g/mol. The molecule has 0 saturated carbocycles. The SMILES string of the molecule is CC(Cc1cccs1)NC(=O)c1ccc(Br)c(N)c1. The summed E-state index contributed by atoms with van der Waals surface area (Å²) >= 11 is 5.01. The van der Waals surface area contributed by atoms with Crippen molar-refractivity contribution >= 4 is 38.9 Å². The highest BCUT2D eigenvalue weighted by Gasteiger charge is 2.11. The quantitative estimate of drug-likeness (QED) is 0.839. The molecule has 0 aliphatic carbocycles. The smallest absolute Gasteiger partial charge is 0.251 e. The monoisotopic (exact) mass is 338 g/mol. The second kappa shape index (κ2) is 6.21. The molecule has 3 N–H and O–H groups in total. The van der Waals surface area contributed by atoms with Crippen LogP contribution in [0.4, 0.5) is 5.69 Å². The summed E-state index contributed by atoms with van der Waals surface area (Å²) in [5, 5.41) is 5.02. The highest BCUT2D eigenvalue weighted by molar-refractivity contribution is 9.10. The van der Waals surface area contributed by atoms with Crippen molar-refractivity contribution in [1.29, 1.82) is 0 Å². The number of rotatable bonds is 4. The molecule has 0 radical (unpaired) electrons. The molecular formula is C14H15BrN2OS. The van der Waals surface area contributed by atoms with Crippen molar-refractivity contribution in [2.45, 2.75) is 19.4 Å². The van der Waals surface area contributed by atoms with Crippen LogP contribution in [0.5, 0.6) is 0 Å². The summed E-state index contributed by atoms with van der Waals surface area (Å²) in [6.45, 7) is 2.00. The number of hydrogen-bond donors (Lipinski definition) is 2. The predicted octanol–water partition coefficient (Wildman–Crippen LogP) is 3.45. The summed E-state index contributed by atoms with van der Waals surface area (Å²) in [7, 11) is 0. The Morgan fingerprint density at radius 2 is 2.26 bits per heavy atom. The van der Waals surface area contributed by atoms with Gasteiger partial charge in [0.15, 0.2) is 0 Å². The average Bonchev–Trinajstić information content (AvgIpc) is 2.85. The van der Waals surface area contributed by atoms with Crippen molar-refractivity contribution in [3.63, 3.8) is 0 Å². The first-order valence-corrected chi connectivity index (χ1v) is 7.62. The second-order valence-corrected chi connectivity index (χ2v) is 6.28. The van der Waals surface area contributed by atoms with Gasteiger partial charge in [0.1, 0.15) is 0 Å². The Labute approximate surface area is 125 Å². The second-order valence-electron chi connectivity index (χ2n) is 4.39. The summed E-state index contributed by atoms with van der Waals surface area (Å²) in [6, 6.07) is 9.41. The molecule has 0 spiro atoms. The number of halogens is 1. The molecule has 100 valence electrons. The van der Waals surface area contributed by atoms with E-state index in [0.29, 0.717) is 11.3 Å². The standard InChI is InChI=1S/C14H15BrN2OS/c1-9(7-11-3-2-6-19-11)17-14(18)10-4-5-12(15)13(16)8-10/h2-6,8-9H,7,16H2,1H3,(H,17,18). The zero-order valence-corrected chi connectivity index (χ0v) is 12.9. The number of nitrogen functional groups attached to an aromatic ring is 1. The van der Waals surface area contributed by atoms with Crippen LogP contribution in [0.2, 0.25) is 0 Å². The summed E-state index contributed by atoms with van der Waals surface area (Å²) in [4.78, 5) is 13.3. The fourth-order valence-corrected chi connectivity index (χ4v) is 2.86. The summed E-state index contributed by atoms with van der Waals surface area (Å²) in [6.07, 6.45) is 0.843. The molecule has 0 saturated heterocycles. The Kier molecular flexibility index (Phi) is 4.61. The molecule has 0 aliphatic heterocycles. The van der Waals surface area contributed by atoms with Gasteiger partial charge in [-0.1, -0.05) is 6.07 Å². The van der Waals surface area contributed by atoms with Crippen LogP contribution < -0.4 is 11.1 Å². The van der Waals surface area contributed by atoms with Gasteiger partial charge < -0.3 is 11.1 Å². The minimum atomic E-state index is -0.0942. The molecule has 0 fully saturated rings. The van der Waals surface area contributed by atoms with E-state index in [1.807, 2.05) is 18.4 Å². The maximum absolute atomic E-state index is 12.1. The molecule has 2 aromatic rings. The van der Waals surface area contributed by atoms with Gasteiger partial charge in [-0.3, -0.25) is 4.79 Å². The fourth-order valence-electron chi connectivity index (χ4n) is 1.77. The number of carbonyl (C=O) groups excluding carboxylic acids is 1. The van der Waals surface area contributed by atoms with E-state index in [9.17, 15) is 4.79 Å². The number of amides is 1. The summed E-state index contributed by atoms with van der Waals surface area (Å²) in [5.41, 5.74) is 6.92. The van der Waals surface area contributed by atoms with Gasteiger partial charge in [-0.05, 0) is 52.5 Å². The molecule has 1 atom stereocenters. The zero-order valence-electron chi connectivity index (χ0n) is 10.5. The van der Waals surface area contributed by atoms with Crippen LogP contribution >= 0.6 is 27.3 Å².